The van der Waals surface area contributed by atoms with E-state index in [2.05, 4.69) is 32.4 Å². The third kappa shape index (κ3) is 5.36. The molecular formula is C14H24O6. The SMILES string of the molecule is CCC(C)C(C)(C)COC(=O)COCC1COC(=O)O1. The number of hydrogen-bond donors (Lipinski definition) is 0. The Morgan fingerprint density at radius 3 is 2.75 bits per heavy atom. The lowest BCUT2D eigenvalue weighted by molar-refractivity contribution is -0.153. The van der Waals surface area contributed by atoms with E-state index in [0.29, 0.717) is 12.5 Å². The molecule has 0 aromatic carbocycles. The van der Waals surface area contributed by atoms with Gasteiger partial charge in [0.1, 0.15) is 13.2 Å². The summed E-state index contributed by atoms with van der Waals surface area (Å²) in [5.74, 6) is 0.0536. The molecule has 1 rings (SSSR count). The van der Waals surface area contributed by atoms with Gasteiger partial charge in [-0.1, -0.05) is 34.1 Å². The normalized spacial score (nSPS) is 20.2. The fraction of sp³-hybridized carbons (Fsp3) is 0.857. The van der Waals surface area contributed by atoms with Crippen LogP contribution >= 0.6 is 0 Å². The number of rotatable bonds is 8. The van der Waals surface area contributed by atoms with Gasteiger partial charge in [0.15, 0.2) is 6.10 Å². The fourth-order valence-corrected chi connectivity index (χ4v) is 1.72. The van der Waals surface area contributed by atoms with Crippen molar-refractivity contribution in [1.29, 1.82) is 0 Å². The van der Waals surface area contributed by atoms with Crippen LogP contribution in [0.4, 0.5) is 4.79 Å². The number of cyclic esters (lactones) is 2. The number of ether oxygens (including phenoxy) is 4. The highest BCUT2D eigenvalue weighted by molar-refractivity contribution is 5.70. The molecule has 2 atom stereocenters. The molecule has 1 heterocycles. The van der Waals surface area contributed by atoms with Crippen molar-refractivity contribution in [1.82, 2.24) is 0 Å². The molecule has 0 N–H and O–H groups in total. The molecule has 116 valence electrons. The lowest BCUT2D eigenvalue weighted by atomic mass is 9.79. The van der Waals surface area contributed by atoms with Gasteiger partial charge in [0.05, 0.1) is 13.2 Å². The van der Waals surface area contributed by atoms with Crippen LogP contribution in [0.2, 0.25) is 0 Å². The van der Waals surface area contributed by atoms with Gasteiger partial charge in [-0.2, -0.15) is 0 Å². The van der Waals surface area contributed by atoms with Gasteiger partial charge in [-0.25, -0.2) is 9.59 Å². The number of esters is 1. The van der Waals surface area contributed by atoms with E-state index in [1.54, 1.807) is 0 Å². The predicted octanol–water partition coefficient (Wildman–Crippen LogP) is 2.15. The van der Waals surface area contributed by atoms with Gasteiger partial charge < -0.3 is 18.9 Å². The second kappa shape index (κ2) is 7.47. The van der Waals surface area contributed by atoms with Gasteiger partial charge in [-0.3, -0.25) is 0 Å². The third-order valence-corrected chi connectivity index (χ3v) is 3.73. The molecule has 1 saturated heterocycles. The average Bonchev–Trinajstić information content (AvgIpc) is 2.81. The van der Waals surface area contributed by atoms with Crippen LogP contribution in [0.5, 0.6) is 0 Å². The molecule has 0 aliphatic carbocycles. The first-order chi connectivity index (χ1) is 9.35. The van der Waals surface area contributed by atoms with Crippen molar-refractivity contribution in [2.75, 3.05) is 26.4 Å². The molecule has 1 aliphatic rings. The van der Waals surface area contributed by atoms with E-state index in [1.807, 2.05) is 0 Å². The minimum atomic E-state index is -0.698. The Hall–Kier alpha value is -1.30. The molecule has 0 radical (unpaired) electrons. The molecule has 1 fully saturated rings. The van der Waals surface area contributed by atoms with Crippen LogP contribution in [-0.2, 0) is 23.7 Å². The van der Waals surface area contributed by atoms with Crippen LogP contribution in [0.1, 0.15) is 34.1 Å². The van der Waals surface area contributed by atoms with Gasteiger partial charge in [-0.05, 0) is 5.92 Å². The lowest BCUT2D eigenvalue weighted by Crippen LogP contribution is -2.30. The van der Waals surface area contributed by atoms with Gasteiger partial charge in [0, 0.05) is 5.41 Å². The van der Waals surface area contributed by atoms with E-state index in [9.17, 15) is 9.59 Å². The van der Waals surface area contributed by atoms with Crippen LogP contribution in [-0.4, -0.2) is 44.7 Å². The van der Waals surface area contributed by atoms with E-state index < -0.39 is 18.2 Å². The van der Waals surface area contributed by atoms with E-state index in [4.69, 9.17) is 14.2 Å². The lowest BCUT2D eigenvalue weighted by Gasteiger charge is -2.30. The maximum absolute atomic E-state index is 11.6. The number of carbonyl (C=O) groups excluding carboxylic acids is 2. The molecule has 0 spiro atoms. The van der Waals surface area contributed by atoms with Gasteiger partial charge >= 0.3 is 12.1 Å². The summed E-state index contributed by atoms with van der Waals surface area (Å²) in [5.41, 5.74) is -0.0563. The Labute approximate surface area is 119 Å². The third-order valence-electron chi connectivity index (χ3n) is 3.73. The molecular weight excluding hydrogens is 264 g/mol. The second-order valence-electron chi connectivity index (χ2n) is 5.77. The molecule has 0 saturated carbocycles. The van der Waals surface area contributed by atoms with Gasteiger partial charge in [0.25, 0.3) is 0 Å². The Kier molecular flexibility index (Phi) is 6.26. The summed E-state index contributed by atoms with van der Waals surface area (Å²) in [4.78, 5) is 22.2. The predicted molar refractivity (Wildman–Crippen MR) is 71.2 cm³/mol. The molecule has 20 heavy (non-hydrogen) atoms. The van der Waals surface area contributed by atoms with Crippen LogP contribution in [0.3, 0.4) is 0 Å². The molecule has 0 aromatic heterocycles. The topological polar surface area (TPSA) is 71.1 Å². The molecule has 0 bridgehead atoms. The van der Waals surface area contributed by atoms with E-state index in [-0.39, 0.29) is 25.2 Å². The summed E-state index contributed by atoms with van der Waals surface area (Å²) in [7, 11) is 0. The highest BCUT2D eigenvalue weighted by Crippen LogP contribution is 2.29. The first kappa shape index (κ1) is 16.8. The zero-order valence-electron chi connectivity index (χ0n) is 12.6. The summed E-state index contributed by atoms with van der Waals surface area (Å²) in [6.45, 7) is 8.91. The molecule has 1 aliphatic heterocycles. The minimum Gasteiger partial charge on any atom is -0.463 e. The molecule has 2 unspecified atom stereocenters. The van der Waals surface area contributed by atoms with Crippen molar-refractivity contribution >= 4 is 12.1 Å². The van der Waals surface area contributed by atoms with Crippen LogP contribution < -0.4 is 0 Å². The summed E-state index contributed by atoms with van der Waals surface area (Å²) < 4.78 is 19.7. The Balaban J connectivity index is 2.16. The van der Waals surface area contributed by atoms with Crippen molar-refractivity contribution in [3.05, 3.63) is 0 Å². The van der Waals surface area contributed by atoms with Gasteiger partial charge in [-0.15, -0.1) is 0 Å². The molecule has 0 aromatic rings. The van der Waals surface area contributed by atoms with Crippen molar-refractivity contribution < 1.29 is 28.5 Å². The van der Waals surface area contributed by atoms with E-state index >= 15 is 0 Å². The number of hydrogen-bond acceptors (Lipinski definition) is 6. The number of carbonyl (C=O) groups is 2. The smallest absolute Gasteiger partial charge is 0.463 e. The summed E-state index contributed by atoms with van der Waals surface area (Å²) >= 11 is 0. The first-order valence-corrected chi connectivity index (χ1v) is 6.92. The van der Waals surface area contributed by atoms with Crippen molar-refractivity contribution in [3.8, 4) is 0 Å². The van der Waals surface area contributed by atoms with Crippen molar-refractivity contribution in [2.45, 2.75) is 40.2 Å². The summed E-state index contributed by atoms with van der Waals surface area (Å²) in [6.07, 6.45) is -0.1000. The summed E-state index contributed by atoms with van der Waals surface area (Å²) in [6, 6.07) is 0. The standard InChI is InChI=1S/C14H24O6/c1-5-10(2)14(3,4)9-19-12(15)8-17-6-11-7-18-13(16)20-11/h10-11H,5-9H2,1-4H3. The van der Waals surface area contributed by atoms with Crippen molar-refractivity contribution in [3.63, 3.8) is 0 Å². The molecule has 0 amide bonds. The van der Waals surface area contributed by atoms with Crippen molar-refractivity contribution in [2.24, 2.45) is 11.3 Å². The van der Waals surface area contributed by atoms with Crippen LogP contribution in [0.25, 0.3) is 0 Å². The molecule has 6 heteroatoms. The quantitative estimate of drug-likeness (QED) is 0.637. The largest absolute Gasteiger partial charge is 0.508 e. The maximum atomic E-state index is 11.6. The van der Waals surface area contributed by atoms with E-state index in [0.717, 1.165) is 6.42 Å². The van der Waals surface area contributed by atoms with Gasteiger partial charge in [0.2, 0.25) is 0 Å². The molecule has 6 nitrogen and oxygen atoms in total. The zero-order chi connectivity index (χ0) is 15.2. The zero-order valence-corrected chi connectivity index (χ0v) is 12.6. The first-order valence-electron chi connectivity index (χ1n) is 6.92. The maximum Gasteiger partial charge on any atom is 0.508 e. The van der Waals surface area contributed by atoms with Crippen LogP contribution in [0.15, 0.2) is 0 Å². The highest BCUT2D eigenvalue weighted by Gasteiger charge is 2.27. The van der Waals surface area contributed by atoms with Crippen LogP contribution in [0, 0.1) is 11.3 Å². The summed E-state index contributed by atoms with van der Waals surface area (Å²) in [5, 5.41) is 0. The minimum absolute atomic E-state index is 0.0563. The Morgan fingerprint density at radius 1 is 1.50 bits per heavy atom. The fourth-order valence-electron chi connectivity index (χ4n) is 1.72. The average molecular weight is 288 g/mol. The Bertz CT molecular complexity index is 339. The van der Waals surface area contributed by atoms with E-state index in [1.165, 1.54) is 0 Å². The Morgan fingerprint density at radius 2 is 2.20 bits per heavy atom. The second-order valence-corrected chi connectivity index (χ2v) is 5.77. The highest BCUT2D eigenvalue weighted by atomic mass is 16.8. The monoisotopic (exact) mass is 288 g/mol.